The summed E-state index contributed by atoms with van der Waals surface area (Å²) in [6.07, 6.45) is 2.31. The van der Waals surface area contributed by atoms with E-state index in [-0.39, 0.29) is 5.91 Å². The van der Waals surface area contributed by atoms with E-state index >= 15 is 0 Å². The van der Waals surface area contributed by atoms with E-state index in [1.54, 1.807) is 52.7 Å². The maximum absolute atomic E-state index is 12.7. The molecule has 2 aromatic carbocycles. The number of rotatable bonds is 9. The standard InChI is InChI=1S/C21H25NO5/c1-6-7-15-10-16(11-19(26-4)20(15)27-5)21(23)22-13-14-8-17(24-2)12-18(9-14)25-3/h6,8-12H,1,7,13H2,2-5H3,(H,22,23). The molecule has 0 saturated heterocycles. The SMILES string of the molecule is C=CCc1cc(C(=O)NCc2cc(OC)cc(OC)c2)cc(OC)c1OC. The van der Waals surface area contributed by atoms with Gasteiger partial charge in [-0.1, -0.05) is 6.08 Å². The molecular formula is C21H25NO5. The number of allylic oxidation sites excluding steroid dienone is 1. The summed E-state index contributed by atoms with van der Waals surface area (Å²) in [5, 5.41) is 2.90. The highest BCUT2D eigenvalue weighted by Gasteiger charge is 2.16. The van der Waals surface area contributed by atoms with Crippen LogP contribution in [0.15, 0.2) is 43.0 Å². The predicted molar refractivity (Wildman–Crippen MR) is 104 cm³/mol. The summed E-state index contributed by atoms with van der Waals surface area (Å²) in [7, 11) is 6.28. The van der Waals surface area contributed by atoms with Gasteiger partial charge in [-0.3, -0.25) is 4.79 Å². The first-order chi connectivity index (χ1) is 13.1. The van der Waals surface area contributed by atoms with Crippen molar-refractivity contribution in [3.8, 4) is 23.0 Å². The molecule has 0 aliphatic carbocycles. The largest absolute Gasteiger partial charge is 0.497 e. The molecule has 0 fully saturated rings. The monoisotopic (exact) mass is 371 g/mol. The van der Waals surface area contributed by atoms with Crippen molar-refractivity contribution in [2.24, 2.45) is 0 Å². The lowest BCUT2D eigenvalue weighted by atomic mass is 10.0. The van der Waals surface area contributed by atoms with Crippen LogP contribution in [0, 0.1) is 0 Å². The predicted octanol–water partition coefficient (Wildman–Crippen LogP) is 3.38. The van der Waals surface area contributed by atoms with Gasteiger partial charge in [0.05, 0.1) is 28.4 Å². The van der Waals surface area contributed by atoms with Crippen LogP contribution >= 0.6 is 0 Å². The third kappa shape index (κ3) is 4.94. The summed E-state index contributed by atoms with van der Waals surface area (Å²) in [6.45, 7) is 4.08. The smallest absolute Gasteiger partial charge is 0.251 e. The molecule has 0 aromatic heterocycles. The molecule has 0 bridgehead atoms. The molecule has 2 aromatic rings. The molecule has 27 heavy (non-hydrogen) atoms. The third-order valence-electron chi connectivity index (χ3n) is 4.05. The van der Waals surface area contributed by atoms with Crippen molar-refractivity contribution in [2.45, 2.75) is 13.0 Å². The number of carbonyl (C=O) groups is 1. The Morgan fingerprint density at radius 1 is 0.963 bits per heavy atom. The molecule has 0 radical (unpaired) electrons. The van der Waals surface area contributed by atoms with Crippen molar-refractivity contribution in [3.05, 3.63) is 59.7 Å². The fourth-order valence-corrected chi connectivity index (χ4v) is 2.73. The fraction of sp³-hybridized carbons (Fsp3) is 0.286. The van der Waals surface area contributed by atoms with Crippen LogP contribution in [-0.4, -0.2) is 34.3 Å². The second-order valence-corrected chi connectivity index (χ2v) is 5.77. The molecule has 0 spiro atoms. The molecule has 0 aliphatic rings. The summed E-state index contributed by atoms with van der Waals surface area (Å²) in [4.78, 5) is 12.7. The molecule has 0 aliphatic heterocycles. The highest BCUT2D eigenvalue weighted by Crippen LogP contribution is 2.33. The lowest BCUT2D eigenvalue weighted by Gasteiger charge is -2.15. The van der Waals surface area contributed by atoms with E-state index in [0.717, 1.165) is 11.1 Å². The van der Waals surface area contributed by atoms with Gasteiger partial charge in [0.2, 0.25) is 0 Å². The van der Waals surface area contributed by atoms with Gasteiger partial charge in [0.1, 0.15) is 11.5 Å². The first-order valence-electron chi connectivity index (χ1n) is 8.42. The quantitative estimate of drug-likeness (QED) is 0.685. The zero-order valence-electron chi connectivity index (χ0n) is 16.1. The summed E-state index contributed by atoms with van der Waals surface area (Å²) >= 11 is 0. The van der Waals surface area contributed by atoms with Crippen LogP contribution in [0.5, 0.6) is 23.0 Å². The number of benzene rings is 2. The number of amides is 1. The van der Waals surface area contributed by atoms with Gasteiger partial charge in [0.25, 0.3) is 5.91 Å². The molecule has 0 heterocycles. The molecule has 1 amide bonds. The lowest BCUT2D eigenvalue weighted by molar-refractivity contribution is 0.0950. The van der Waals surface area contributed by atoms with Crippen LogP contribution in [-0.2, 0) is 13.0 Å². The Bertz CT molecular complexity index is 794. The van der Waals surface area contributed by atoms with Gasteiger partial charge in [-0.05, 0) is 36.2 Å². The first kappa shape index (κ1) is 20.2. The van der Waals surface area contributed by atoms with Gasteiger partial charge in [-0.15, -0.1) is 6.58 Å². The van der Waals surface area contributed by atoms with Gasteiger partial charge in [0, 0.05) is 23.7 Å². The summed E-state index contributed by atoms with van der Waals surface area (Å²) in [5.74, 6) is 2.22. The molecule has 144 valence electrons. The maximum Gasteiger partial charge on any atom is 0.251 e. The molecule has 1 N–H and O–H groups in total. The molecule has 2 rings (SSSR count). The Kier molecular flexibility index (Phi) is 7.11. The van der Waals surface area contributed by atoms with Crippen LogP contribution in [0.1, 0.15) is 21.5 Å². The van der Waals surface area contributed by atoms with Gasteiger partial charge >= 0.3 is 0 Å². The molecule has 6 heteroatoms. The van der Waals surface area contributed by atoms with E-state index in [2.05, 4.69) is 11.9 Å². The number of carbonyl (C=O) groups excluding carboxylic acids is 1. The number of hydrogen-bond donors (Lipinski definition) is 1. The minimum atomic E-state index is -0.219. The Balaban J connectivity index is 2.23. The van der Waals surface area contributed by atoms with E-state index in [4.69, 9.17) is 18.9 Å². The second kappa shape index (κ2) is 9.52. The van der Waals surface area contributed by atoms with Gasteiger partial charge in [-0.2, -0.15) is 0 Å². The maximum atomic E-state index is 12.7. The van der Waals surface area contributed by atoms with E-state index in [9.17, 15) is 4.79 Å². The van der Waals surface area contributed by atoms with Gasteiger partial charge in [0.15, 0.2) is 11.5 Å². The average Bonchev–Trinajstić information content (AvgIpc) is 2.71. The Labute approximate surface area is 159 Å². The van der Waals surface area contributed by atoms with Crippen molar-refractivity contribution < 1.29 is 23.7 Å². The highest BCUT2D eigenvalue weighted by atomic mass is 16.5. The van der Waals surface area contributed by atoms with Crippen molar-refractivity contribution in [3.63, 3.8) is 0 Å². The number of ether oxygens (including phenoxy) is 4. The van der Waals surface area contributed by atoms with Crippen LogP contribution in [0.25, 0.3) is 0 Å². The molecule has 0 unspecified atom stereocenters. The Morgan fingerprint density at radius 2 is 1.63 bits per heavy atom. The fourth-order valence-electron chi connectivity index (χ4n) is 2.73. The van der Waals surface area contributed by atoms with E-state index in [1.165, 1.54) is 0 Å². The highest BCUT2D eigenvalue weighted by molar-refractivity contribution is 5.95. The van der Waals surface area contributed by atoms with Crippen LogP contribution in [0.4, 0.5) is 0 Å². The van der Waals surface area contributed by atoms with Crippen molar-refractivity contribution in [2.75, 3.05) is 28.4 Å². The zero-order valence-corrected chi connectivity index (χ0v) is 16.1. The first-order valence-corrected chi connectivity index (χ1v) is 8.42. The minimum Gasteiger partial charge on any atom is -0.497 e. The average molecular weight is 371 g/mol. The van der Waals surface area contributed by atoms with Gasteiger partial charge in [-0.25, -0.2) is 0 Å². The summed E-state index contributed by atoms with van der Waals surface area (Å²) < 4.78 is 21.3. The number of nitrogens with one attached hydrogen (secondary N) is 1. The van der Waals surface area contributed by atoms with Crippen molar-refractivity contribution >= 4 is 5.91 Å². The molecule has 0 atom stereocenters. The minimum absolute atomic E-state index is 0.219. The van der Waals surface area contributed by atoms with E-state index in [0.29, 0.717) is 41.5 Å². The molecule has 0 saturated carbocycles. The lowest BCUT2D eigenvalue weighted by Crippen LogP contribution is -2.23. The van der Waals surface area contributed by atoms with Crippen LogP contribution < -0.4 is 24.3 Å². The van der Waals surface area contributed by atoms with E-state index < -0.39 is 0 Å². The van der Waals surface area contributed by atoms with E-state index in [1.807, 2.05) is 12.1 Å². The second-order valence-electron chi connectivity index (χ2n) is 5.77. The summed E-state index contributed by atoms with van der Waals surface area (Å²) in [5.41, 5.74) is 2.19. The topological polar surface area (TPSA) is 66.0 Å². The number of hydrogen-bond acceptors (Lipinski definition) is 5. The van der Waals surface area contributed by atoms with Gasteiger partial charge < -0.3 is 24.3 Å². The Morgan fingerprint density at radius 3 is 2.15 bits per heavy atom. The summed E-state index contributed by atoms with van der Waals surface area (Å²) in [6, 6.07) is 8.92. The number of methoxy groups -OCH3 is 4. The molecule has 6 nitrogen and oxygen atoms in total. The van der Waals surface area contributed by atoms with Crippen LogP contribution in [0.2, 0.25) is 0 Å². The van der Waals surface area contributed by atoms with Crippen LogP contribution in [0.3, 0.4) is 0 Å². The van der Waals surface area contributed by atoms with Crippen molar-refractivity contribution in [1.82, 2.24) is 5.32 Å². The normalized spacial score (nSPS) is 10.1. The Hall–Kier alpha value is -3.15. The molecular weight excluding hydrogens is 346 g/mol. The zero-order chi connectivity index (χ0) is 19.8. The van der Waals surface area contributed by atoms with Crippen molar-refractivity contribution in [1.29, 1.82) is 0 Å². The third-order valence-corrected chi connectivity index (χ3v) is 4.05.